The van der Waals surface area contributed by atoms with Gasteiger partial charge in [-0.1, -0.05) is 11.6 Å². The monoisotopic (exact) mass is 247 g/mol. The molecule has 1 aromatic heterocycles. The zero-order valence-corrected chi connectivity index (χ0v) is 10.2. The van der Waals surface area contributed by atoms with E-state index in [2.05, 4.69) is 11.4 Å². The number of nitriles is 1. The molecule has 5 heteroatoms. The summed E-state index contributed by atoms with van der Waals surface area (Å²) in [5.41, 5.74) is 0.989. The third kappa shape index (κ3) is 1.75. The Labute approximate surface area is 103 Å². The average Bonchev–Trinajstić information content (AvgIpc) is 2.33. The minimum Gasteiger partial charge on any atom is -0.387 e. The molecule has 1 heterocycles. The highest BCUT2D eigenvalue weighted by molar-refractivity contribution is 6.34. The summed E-state index contributed by atoms with van der Waals surface area (Å²) in [4.78, 5) is 11.9. The first kappa shape index (κ1) is 11.5. The lowest BCUT2D eigenvalue weighted by atomic mass is 10.1. The third-order valence-electron chi connectivity index (χ3n) is 2.66. The molecule has 0 unspecified atom stereocenters. The molecule has 0 atom stereocenters. The number of halogens is 1. The molecule has 0 aliphatic heterocycles. The van der Waals surface area contributed by atoms with Gasteiger partial charge in [-0.25, -0.2) is 0 Å². The van der Waals surface area contributed by atoms with Gasteiger partial charge in [-0.15, -0.1) is 0 Å². The summed E-state index contributed by atoms with van der Waals surface area (Å²) in [6.07, 6.45) is 1.53. The highest BCUT2D eigenvalue weighted by atomic mass is 35.5. The van der Waals surface area contributed by atoms with Gasteiger partial charge >= 0.3 is 0 Å². The van der Waals surface area contributed by atoms with E-state index in [1.807, 2.05) is 0 Å². The standard InChI is InChI=1S/C12H10ClN3O/c1-15-11-4-8-7(5-14)6-16(2)12(17)9(8)3-10(11)13/h3-4,6,15H,1-2H3. The molecule has 0 aliphatic rings. The number of aryl methyl sites for hydroxylation is 1. The molecule has 2 aromatic rings. The Morgan fingerprint density at radius 2 is 2.12 bits per heavy atom. The molecular formula is C12H10ClN3O. The van der Waals surface area contributed by atoms with E-state index in [4.69, 9.17) is 16.9 Å². The minimum absolute atomic E-state index is 0.163. The number of hydrogen-bond donors (Lipinski definition) is 1. The van der Waals surface area contributed by atoms with Crippen molar-refractivity contribution in [2.45, 2.75) is 0 Å². The number of anilines is 1. The highest BCUT2D eigenvalue weighted by Crippen LogP contribution is 2.27. The van der Waals surface area contributed by atoms with E-state index in [0.717, 1.165) is 0 Å². The molecule has 0 radical (unpaired) electrons. The van der Waals surface area contributed by atoms with Gasteiger partial charge in [0.1, 0.15) is 6.07 Å². The molecule has 1 aromatic carbocycles. The molecular weight excluding hydrogens is 238 g/mol. The Morgan fingerprint density at radius 1 is 1.41 bits per heavy atom. The smallest absolute Gasteiger partial charge is 0.258 e. The lowest BCUT2D eigenvalue weighted by molar-refractivity contribution is 0.870. The first-order valence-electron chi connectivity index (χ1n) is 4.99. The van der Waals surface area contributed by atoms with Gasteiger partial charge in [-0.05, 0) is 12.1 Å². The van der Waals surface area contributed by atoms with Crippen molar-refractivity contribution in [3.8, 4) is 6.07 Å². The first-order valence-corrected chi connectivity index (χ1v) is 5.37. The molecule has 1 N–H and O–H groups in total. The van der Waals surface area contributed by atoms with Crippen LogP contribution in [0, 0.1) is 11.3 Å². The van der Waals surface area contributed by atoms with Gasteiger partial charge in [-0.2, -0.15) is 5.26 Å². The number of benzene rings is 1. The fourth-order valence-corrected chi connectivity index (χ4v) is 2.02. The number of hydrogen-bond acceptors (Lipinski definition) is 3. The van der Waals surface area contributed by atoms with Crippen LogP contribution in [-0.4, -0.2) is 11.6 Å². The van der Waals surface area contributed by atoms with Crippen LogP contribution in [0.2, 0.25) is 5.02 Å². The summed E-state index contributed by atoms with van der Waals surface area (Å²) >= 11 is 6.03. The lowest BCUT2D eigenvalue weighted by Gasteiger charge is -2.08. The molecule has 4 nitrogen and oxygen atoms in total. The predicted molar refractivity (Wildman–Crippen MR) is 68.5 cm³/mol. The quantitative estimate of drug-likeness (QED) is 0.840. The van der Waals surface area contributed by atoms with E-state index < -0.39 is 0 Å². The van der Waals surface area contributed by atoms with Crippen molar-refractivity contribution in [2.75, 3.05) is 12.4 Å². The van der Waals surface area contributed by atoms with Crippen LogP contribution in [-0.2, 0) is 7.05 Å². The van der Waals surface area contributed by atoms with Crippen molar-refractivity contribution < 1.29 is 0 Å². The molecule has 0 amide bonds. The number of nitrogens with one attached hydrogen (secondary N) is 1. The fourth-order valence-electron chi connectivity index (χ4n) is 1.77. The van der Waals surface area contributed by atoms with Crippen LogP contribution in [0.15, 0.2) is 23.1 Å². The molecule has 0 bridgehead atoms. The summed E-state index contributed by atoms with van der Waals surface area (Å²) in [5, 5.41) is 13.5. The Morgan fingerprint density at radius 3 is 2.71 bits per heavy atom. The second kappa shape index (κ2) is 4.11. The van der Waals surface area contributed by atoms with Crippen molar-refractivity contribution in [1.82, 2.24) is 4.57 Å². The van der Waals surface area contributed by atoms with Gasteiger partial charge in [0, 0.05) is 25.7 Å². The number of nitrogens with zero attached hydrogens (tertiary/aromatic N) is 2. The summed E-state index contributed by atoms with van der Waals surface area (Å²) < 4.78 is 1.39. The normalized spacial score (nSPS) is 10.2. The van der Waals surface area contributed by atoms with Crippen LogP contribution in [0.1, 0.15) is 5.56 Å². The van der Waals surface area contributed by atoms with Gasteiger partial charge in [-0.3, -0.25) is 4.79 Å². The van der Waals surface area contributed by atoms with Gasteiger partial charge in [0.05, 0.1) is 21.7 Å². The lowest BCUT2D eigenvalue weighted by Crippen LogP contribution is -2.17. The summed E-state index contributed by atoms with van der Waals surface area (Å²) in [7, 11) is 3.35. The molecule has 0 spiro atoms. The fraction of sp³-hybridized carbons (Fsp3) is 0.167. The molecule has 0 saturated heterocycles. The minimum atomic E-state index is -0.163. The van der Waals surface area contributed by atoms with Gasteiger partial charge in [0.25, 0.3) is 5.56 Å². The van der Waals surface area contributed by atoms with Crippen LogP contribution in [0.5, 0.6) is 0 Å². The Kier molecular flexibility index (Phi) is 2.78. The second-order valence-corrected chi connectivity index (χ2v) is 4.11. The average molecular weight is 248 g/mol. The van der Waals surface area contributed by atoms with Crippen LogP contribution in [0.3, 0.4) is 0 Å². The van der Waals surface area contributed by atoms with Crippen molar-refractivity contribution in [3.63, 3.8) is 0 Å². The summed E-state index contributed by atoms with van der Waals surface area (Å²) in [5.74, 6) is 0. The maximum absolute atomic E-state index is 11.9. The Balaban J connectivity index is 3.00. The number of aromatic nitrogens is 1. The van der Waals surface area contributed by atoms with Gasteiger partial charge < -0.3 is 9.88 Å². The molecule has 0 aliphatic carbocycles. The van der Waals surface area contributed by atoms with E-state index in [1.165, 1.54) is 10.8 Å². The van der Waals surface area contributed by atoms with E-state index in [1.54, 1.807) is 26.2 Å². The van der Waals surface area contributed by atoms with Crippen molar-refractivity contribution in [1.29, 1.82) is 5.26 Å². The van der Waals surface area contributed by atoms with E-state index in [0.29, 0.717) is 27.0 Å². The van der Waals surface area contributed by atoms with Crippen molar-refractivity contribution in [3.05, 3.63) is 39.3 Å². The molecule has 0 fully saturated rings. The van der Waals surface area contributed by atoms with Crippen LogP contribution in [0.25, 0.3) is 10.8 Å². The van der Waals surface area contributed by atoms with E-state index >= 15 is 0 Å². The largest absolute Gasteiger partial charge is 0.387 e. The van der Waals surface area contributed by atoms with Crippen LogP contribution >= 0.6 is 11.6 Å². The Bertz CT molecular complexity index is 697. The zero-order chi connectivity index (χ0) is 12.6. The molecule has 86 valence electrons. The number of pyridine rings is 1. The molecule has 17 heavy (non-hydrogen) atoms. The maximum Gasteiger partial charge on any atom is 0.258 e. The SMILES string of the molecule is CNc1cc2c(C#N)cn(C)c(=O)c2cc1Cl. The van der Waals surface area contributed by atoms with Crippen molar-refractivity contribution >= 4 is 28.1 Å². The summed E-state index contributed by atoms with van der Waals surface area (Å²) in [6.45, 7) is 0. The van der Waals surface area contributed by atoms with Crippen LogP contribution < -0.4 is 10.9 Å². The van der Waals surface area contributed by atoms with Crippen LogP contribution in [0.4, 0.5) is 5.69 Å². The highest BCUT2D eigenvalue weighted by Gasteiger charge is 2.10. The van der Waals surface area contributed by atoms with Gasteiger partial charge in [0.15, 0.2) is 0 Å². The number of rotatable bonds is 1. The predicted octanol–water partition coefficient (Wildman–Crippen LogP) is 2.11. The second-order valence-electron chi connectivity index (χ2n) is 3.70. The van der Waals surface area contributed by atoms with Gasteiger partial charge in [0.2, 0.25) is 0 Å². The zero-order valence-electron chi connectivity index (χ0n) is 9.41. The number of fused-ring (bicyclic) bond motifs is 1. The van der Waals surface area contributed by atoms with E-state index in [9.17, 15) is 4.79 Å². The molecule has 2 rings (SSSR count). The topological polar surface area (TPSA) is 57.8 Å². The Hall–Kier alpha value is -1.99. The van der Waals surface area contributed by atoms with E-state index in [-0.39, 0.29) is 5.56 Å². The maximum atomic E-state index is 11.9. The third-order valence-corrected chi connectivity index (χ3v) is 2.97. The summed E-state index contributed by atoms with van der Waals surface area (Å²) in [6, 6.07) is 5.39. The first-order chi connectivity index (χ1) is 8.08. The molecule has 0 saturated carbocycles. The van der Waals surface area contributed by atoms with Crippen molar-refractivity contribution in [2.24, 2.45) is 7.05 Å².